The molecule has 0 bridgehead atoms. The lowest BCUT2D eigenvalue weighted by Gasteiger charge is -2.01. The normalized spacial score (nSPS) is 9.21. The van der Waals surface area contributed by atoms with Gasteiger partial charge >= 0.3 is 6.09 Å². The zero-order chi connectivity index (χ0) is 10.6. The number of nitro benzene ring substituents is 1. The Hall–Kier alpha value is -2.11. The molecular formula is C8H7N2O4. The summed E-state index contributed by atoms with van der Waals surface area (Å²) in [7, 11) is 2.91. The number of anilines is 1. The largest absolute Gasteiger partial charge is 0.446 e. The summed E-state index contributed by atoms with van der Waals surface area (Å²) in [5, 5.41) is 12.6. The smallest absolute Gasteiger partial charge is 0.411 e. The van der Waals surface area contributed by atoms with Gasteiger partial charge in [-0.25, -0.2) is 4.79 Å². The number of non-ortho nitro benzene ring substituents is 1. The first kappa shape index (κ1) is 9.97. The molecule has 0 spiro atoms. The minimum atomic E-state index is -0.723. The lowest BCUT2D eigenvalue weighted by molar-refractivity contribution is -0.384. The van der Waals surface area contributed by atoms with Gasteiger partial charge < -0.3 is 4.74 Å². The molecule has 1 N–H and O–H groups in total. The molecule has 0 fully saturated rings. The van der Waals surface area contributed by atoms with Gasteiger partial charge in [-0.05, 0) is 12.1 Å². The standard InChI is InChI=1S/C8H7N2O4/c1-14-8(11)9-6-2-4-7(5-3-6)10(12)13/h2-5H,1H2,(H,9,11). The second kappa shape index (κ2) is 4.22. The molecule has 1 radical (unpaired) electrons. The highest BCUT2D eigenvalue weighted by molar-refractivity contribution is 5.84. The fourth-order valence-corrected chi connectivity index (χ4v) is 0.820. The molecule has 0 aliphatic carbocycles. The summed E-state index contributed by atoms with van der Waals surface area (Å²) in [5.41, 5.74) is 0.364. The Labute approximate surface area is 79.6 Å². The molecule has 73 valence electrons. The first-order valence-corrected chi connectivity index (χ1v) is 3.61. The maximum absolute atomic E-state index is 10.7. The fourth-order valence-electron chi connectivity index (χ4n) is 0.820. The first-order chi connectivity index (χ1) is 6.63. The second-order valence-corrected chi connectivity index (χ2v) is 2.36. The molecule has 1 aromatic rings. The van der Waals surface area contributed by atoms with E-state index in [1.165, 1.54) is 24.3 Å². The molecule has 6 nitrogen and oxygen atoms in total. The van der Waals surface area contributed by atoms with Gasteiger partial charge in [-0.15, -0.1) is 0 Å². The molecule has 1 rings (SSSR count). The minimum Gasteiger partial charge on any atom is -0.446 e. The van der Waals surface area contributed by atoms with E-state index in [0.29, 0.717) is 5.69 Å². The van der Waals surface area contributed by atoms with Crippen LogP contribution in [0.25, 0.3) is 0 Å². The van der Waals surface area contributed by atoms with Crippen LogP contribution in [0.2, 0.25) is 0 Å². The molecule has 1 aromatic carbocycles. The molecule has 0 saturated heterocycles. The van der Waals surface area contributed by atoms with Crippen LogP contribution in [-0.4, -0.2) is 11.0 Å². The summed E-state index contributed by atoms with van der Waals surface area (Å²) in [6, 6.07) is 5.35. The van der Waals surface area contributed by atoms with Gasteiger partial charge in [-0.1, -0.05) is 0 Å². The molecular weight excluding hydrogens is 188 g/mol. The Morgan fingerprint density at radius 3 is 2.43 bits per heavy atom. The van der Waals surface area contributed by atoms with Gasteiger partial charge in [0.05, 0.1) is 4.92 Å². The number of benzene rings is 1. The molecule has 6 heteroatoms. The average Bonchev–Trinajstić information content (AvgIpc) is 2.18. The van der Waals surface area contributed by atoms with Crippen LogP contribution in [-0.2, 0) is 4.74 Å². The first-order valence-electron chi connectivity index (χ1n) is 3.61. The van der Waals surface area contributed by atoms with Crippen LogP contribution >= 0.6 is 0 Å². The molecule has 1 amide bonds. The van der Waals surface area contributed by atoms with Gasteiger partial charge in [-0.3, -0.25) is 15.4 Å². The number of carbonyl (C=O) groups excluding carboxylic acids is 1. The van der Waals surface area contributed by atoms with Gasteiger partial charge in [0.15, 0.2) is 0 Å². The van der Waals surface area contributed by atoms with Gasteiger partial charge in [0.1, 0.15) is 7.11 Å². The zero-order valence-electron chi connectivity index (χ0n) is 7.10. The lowest BCUT2D eigenvalue weighted by Crippen LogP contribution is -2.09. The topological polar surface area (TPSA) is 81.5 Å². The molecule has 0 aliphatic heterocycles. The molecule has 0 unspecified atom stereocenters. The summed E-state index contributed by atoms with van der Waals surface area (Å²) in [4.78, 5) is 20.4. The van der Waals surface area contributed by atoms with E-state index in [4.69, 9.17) is 0 Å². The van der Waals surface area contributed by atoms with Crippen molar-refractivity contribution < 1.29 is 14.5 Å². The molecule has 0 saturated carbocycles. The number of rotatable bonds is 2. The van der Waals surface area contributed by atoms with Crippen LogP contribution in [0.4, 0.5) is 16.2 Å². The Morgan fingerprint density at radius 2 is 2.00 bits per heavy atom. The van der Waals surface area contributed by atoms with Crippen molar-refractivity contribution in [3.8, 4) is 0 Å². The molecule has 0 aromatic heterocycles. The van der Waals surface area contributed by atoms with Crippen molar-refractivity contribution in [3.63, 3.8) is 0 Å². The fraction of sp³-hybridized carbons (Fsp3) is 0. The van der Waals surface area contributed by atoms with Crippen molar-refractivity contribution in [2.75, 3.05) is 5.32 Å². The predicted octanol–water partition coefficient (Wildman–Crippen LogP) is 1.93. The van der Waals surface area contributed by atoms with E-state index in [2.05, 4.69) is 17.2 Å². The molecule has 14 heavy (non-hydrogen) atoms. The van der Waals surface area contributed by atoms with Crippen LogP contribution < -0.4 is 5.32 Å². The van der Waals surface area contributed by atoms with Crippen molar-refractivity contribution in [1.29, 1.82) is 0 Å². The minimum absolute atomic E-state index is 0.0430. The average molecular weight is 195 g/mol. The summed E-state index contributed by atoms with van der Waals surface area (Å²) in [6.45, 7) is 0. The Morgan fingerprint density at radius 1 is 1.43 bits per heavy atom. The number of nitrogens with zero attached hydrogens (tertiary/aromatic N) is 1. The highest BCUT2D eigenvalue weighted by atomic mass is 16.6. The Balaban J connectivity index is 2.73. The SMILES string of the molecule is [CH2]OC(=O)Nc1ccc([N+](=O)[O-])cc1. The van der Waals surface area contributed by atoms with Gasteiger partial charge in [0.25, 0.3) is 5.69 Å². The van der Waals surface area contributed by atoms with Gasteiger partial charge in [0, 0.05) is 17.8 Å². The van der Waals surface area contributed by atoms with Crippen molar-refractivity contribution in [2.24, 2.45) is 0 Å². The van der Waals surface area contributed by atoms with E-state index < -0.39 is 11.0 Å². The van der Waals surface area contributed by atoms with Crippen molar-refractivity contribution in [2.45, 2.75) is 0 Å². The van der Waals surface area contributed by atoms with Crippen LogP contribution in [0.15, 0.2) is 24.3 Å². The second-order valence-electron chi connectivity index (χ2n) is 2.36. The summed E-state index contributed by atoms with van der Waals surface area (Å²) >= 11 is 0. The predicted molar refractivity (Wildman–Crippen MR) is 48.6 cm³/mol. The van der Waals surface area contributed by atoms with E-state index in [1.807, 2.05) is 0 Å². The number of hydrogen-bond donors (Lipinski definition) is 1. The van der Waals surface area contributed by atoms with Crippen LogP contribution in [0, 0.1) is 17.2 Å². The number of ether oxygens (including phenoxy) is 1. The Bertz CT molecular complexity index is 347. The number of nitrogens with one attached hydrogen (secondary N) is 1. The highest BCUT2D eigenvalue weighted by Crippen LogP contribution is 2.15. The third kappa shape index (κ3) is 2.44. The summed E-state index contributed by atoms with van der Waals surface area (Å²) in [5.74, 6) is 0. The molecule has 0 heterocycles. The van der Waals surface area contributed by atoms with Crippen LogP contribution in [0.3, 0.4) is 0 Å². The van der Waals surface area contributed by atoms with Gasteiger partial charge in [-0.2, -0.15) is 0 Å². The number of nitro groups is 1. The van der Waals surface area contributed by atoms with E-state index in [0.717, 1.165) is 0 Å². The summed E-state index contributed by atoms with van der Waals surface area (Å²) in [6.07, 6.45) is -0.723. The molecule has 0 atom stereocenters. The van der Waals surface area contributed by atoms with E-state index in [-0.39, 0.29) is 5.69 Å². The van der Waals surface area contributed by atoms with Crippen molar-refractivity contribution >= 4 is 17.5 Å². The zero-order valence-corrected chi connectivity index (χ0v) is 7.10. The van der Waals surface area contributed by atoms with Crippen molar-refractivity contribution in [3.05, 3.63) is 41.5 Å². The summed E-state index contributed by atoms with van der Waals surface area (Å²) < 4.78 is 4.10. The van der Waals surface area contributed by atoms with E-state index in [9.17, 15) is 14.9 Å². The third-order valence-electron chi connectivity index (χ3n) is 1.46. The van der Waals surface area contributed by atoms with E-state index >= 15 is 0 Å². The number of amides is 1. The van der Waals surface area contributed by atoms with E-state index in [1.54, 1.807) is 0 Å². The maximum Gasteiger partial charge on any atom is 0.411 e. The third-order valence-corrected chi connectivity index (χ3v) is 1.46. The van der Waals surface area contributed by atoms with Crippen molar-refractivity contribution in [1.82, 2.24) is 0 Å². The number of hydrogen-bond acceptors (Lipinski definition) is 4. The highest BCUT2D eigenvalue weighted by Gasteiger charge is 2.05. The monoisotopic (exact) mass is 195 g/mol. The van der Waals surface area contributed by atoms with Gasteiger partial charge in [0.2, 0.25) is 0 Å². The molecule has 0 aliphatic rings. The quantitative estimate of drug-likeness (QED) is 0.577. The Kier molecular flexibility index (Phi) is 3.01. The van der Waals surface area contributed by atoms with Crippen LogP contribution in [0.1, 0.15) is 0 Å². The van der Waals surface area contributed by atoms with Crippen LogP contribution in [0.5, 0.6) is 0 Å². The maximum atomic E-state index is 10.7. The number of carbonyl (C=O) groups is 1. The lowest BCUT2D eigenvalue weighted by atomic mass is 10.3.